The molecule has 0 aromatic heterocycles. The van der Waals surface area contributed by atoms with Gasteiger partial charge in [-0.25, -0.2) is 0 Å². The Bertz CT molecular complexity index is 469. The summed E-state index contributed by atoms with van der Waals surface area (Å²) >= 11 is 0. The van der Waals surface area contributed by atoms with Gasteiger partial charge in [-0.3, -0.25) is 9.59 Å². The second kappa shape index (κ2) is 6.19. The monoisotopic (exact) mass is 264 g/mol. The van der Waals surface area contributed by atoms with Gasteiger partial charge in [-0.05, 0) is 25.0 Å². The fourth-order valence-corrected chi connectivity index (χ4v) is 1.86. The van der Waals surface area contributed by atoms with Gasteiger partial charge in [0.05, 0.1) is 6.10 Å². The first-order valence-corrected chi connectivity index (χ1v) is 6.15. The Morgan fingerprint density at radius 3 is 2.89 bits per heavy atom. The average Bonchev–Trinajstić information content (AvgIpc) is 2.89. The minimum Gasteiger partial charge on any atom is -0.508 e. The Labute approximate surface area is 110 Å². The van der Waals surface area contributed by atoms with E-state index in [4.69, 9.17) is 4.74 Å². The van der Waals surface area contributed by atoms with E-state index in [9.17, 15) is 14.7 Å². The number of carbonyl (C=O) groups is 2. The smallest absolute Gasteiger partial charge is 0.313 e. The lowest BCUT2D eigenvalue weighted by Crippen LogP contribution is -2.39. The third-order valence-corrected chi connectivity index (χ3v) is 2.82. The first kappa shape index (κ1) is 13.4. The van der Waals surface area contributed by atoms with Crippen LogP contribution in [-0.4, -0.2) is 36.2 Å². The van der Waals surface area contributed by atoms with Gasteiger partial charge in [0, 0.05) is 24.9 Å². The molecule has 1 saturated heterocycles. The molecule has 1 aromatic carbocycles. The summed E-state index contributed by atoms with van der Waals surface area (Å²) in [5.74, 6) is -1.44. The number of rotatable bonds is 3. The summed E-state index contributed by atoms with van der Waals surface area (Å²) in [5, 5.41) is 14.2. The molecule has 19 heavy (non-hydrogen) atoms. The van der Waals surface area contributed by atoms with Gasteiger partial charge in [-0.2, -0.15) is 0 Å². The number of hydrogen-bond acceptors (Lipinski definition) is 4. The molecule has 102 valence electrons. The Kier molecular flexibility index (Phi) is 4.35. The molecule has 3 N–H and O–H groups in total. The van der Waals surface area contributed by atoms with Crippen LogP contribution in [0.2, 0.25) is 0 Å². The normalized spacial score (nSPS) is 18.0. The summed E-state index contributed by atoms with van der Waals surface area (Å²) in [6, 6.07) is 6.01. The van der Waals surface area contributed by atoms with Crippen LogP contribution in [0.25, 0.3) is 0 Å². The zero-order valence-electron chi connectivity index (χ0n) is 10.4. The molecule has 1 fully saturated rings. The number of benzene rings is 1. The highest BCUT2D eigenvalue weighted by atomic mass is 16.5. The zero-order valence-corrected chi connectivity index (χ0v) is 10.4. The predicted octanol–water partition coefficient (Wildman–Crippen LogP) is 0.626. The topological polar surface area (TPSA) is 87.7 Å². The van der Waals surface area contributed by atoms with E-state index in [1.54, 1.807) is 12.1 Å². The van der Waals surface area contributed by atoms with Crippen LogP contribution in [0.3, 0.4) is 0 Å². The molecule has 1 atom stereocenters. The fourth-order valence-electron chi connectivity index (χ4n) is 1.86. The van der Waals surface area contributed by atoms with E-state index in [0.29, 0.717) is 18.8 Å². The Morgan fingerprint density at radius 1 is 1.37 bits per heavy atom. The standard InChI is InChI=1S/C13H16N2O4/c16-10-4-1-3-9(7-10)15-13(18)12(17)14-8-11-5-2-6-19-11/h1,3-4,7,11,16H,2,5-6,8H2,(H,14,17)(H,15,18). The molecule has 1 aliphatic rings. The summed E-state index contributed by atoms with van der Waals surface area (Å²) in [6.45, 7) is 1.04. The van der Waals surface area contributed by atoms with Crippen LogP contribution in [-0.2, 0) is 14.3 Å². The van der Waals surface area contributed by atoms with Crippen molar-refractivity contribution in [3.63, 3.8) is 0 Å². The zero-order chi connectivity index (χ0) is 13.7. The first-order chi connectivity index (χ1) is 9.15. The molecule has 2 rings (SSSR count). The van der Waals surface area contributed by atoms with E-state index in [-0.39, 0.29) is 11.9 Å². The largest absolute Gasteiger partial charge is 0.508 e. The fraction of sp³-hybridized carbons (Fsp3) is 0.385. The summed E-state index contributed by atoms with van der Waals surface area (Å²) in [5.41, 5.74) is 0.372. The molecular formula is C13H16N2O4. The molecule has 6 nitrogen and oxygen atoms in total. The lowest BCUT2D eigenvalue weighted by Gasteiger charge is -2.10. The number of aromatic hydroxyl groups is 1. The van der Waals surface area contributed by atoms with Crippen molar-refractivity contribution in [3.8, 4) is 5.75 Å². The predicted molar refractivity (Wildman–Crippen MR) is 68.7 cm³/mol. The van der Waals surface area contributed by atoms with Crippen molar-refractivity contribution in [2.45, 2.75) is 18.9 Å². The molecule has 1 aliphatic heterocycles. The second-order valence-electron chi connectivity index (χ2n) is 4.35. The van der Waals surface area contributed by atoms with Crippen LogP contribution in [0.4, 0.5) is 5.69 Å². The van der Waals surface area contributed by atoms with E-state index in [2.05, 4.69) is 10.6 Å². The average molecular weight is 264 g/mol. The molecule has 1 aromatic rings. The van der Waals surface area contributed by atoms with E-state index >= 15 is 0 Å². The molecule has 1 heterocycles. The van der Waals surface area contributed by atoms with Crippen LogP contribution in [0.15, 0.2) is 24.3 Å². The van der Waals surface area contributed by atoms with E-state index in [1.807, 2.05) is 0 Å². The van der Waals surface area contributed by atoms with Crippen LogP contribution in [0.5, 0.6) is 5.75 Å². The second-order valence-corrected chi connectivity index (χ2v) is 4.35. The van der Waals surface area contributed by atoms with Crippen LogP contribution in [0, 0.1) is 0 Å². The van der Waals surface area contributed by atoms with E-state index in [1.165, 1.54) is 12.1 Å². The van der Waals surface area contributed by atoms with Gasteiger partial charge in [0.2, 0.25) is 0 Å². The molecule has 1 unspecified atom stereocenters. The maximum Gasteiger partial charge on any atom is 0.313 e. The van der Waals surface area contributed by atoms with Crippen molar-refractivity contribution in [1.29, 1.82) is 0 Å². The summed E-state index contributed by atoms with van der Waals surface area (Å²) in [4.78, 5) is 23.1. The Balaban J connectivity index is 1.80. The van der Waals surface area contributed by atoms with Gasteiger partial charge >= 0.3 is 11.8 Å². The number of nitrogens with one attached hydrogen (secondary N) is 2. The van der Waals surface area contributed by atoms with Gasteiger partial charge in [0.25, 0.3) is 0 Å². The van der Waals surface area contributed by atoms with Crippen molar-refractivity contribution in [1.82, 2.24) is 5.32 Å². The molecule has 0 aliphatic carbocycles. The first-order valence-electron chi connectivity index (χ1n) is 6.15. The highest BCUT2D eigenvalue weighted by Crippen LogP contribution is 2.15. The van der Waals surface area contributed by atoms with Crippen LogP contribution in [0.1, 0.15) is 12.8 Å². The number of phenolic OH excluding ortho intramolecular Hbond substituents is 1. The third-order valence-electron chi connectivity index (χ3n) is 2.82. The maximum atomic E-state index is 11.6. The maximum absolute atomic E-state index is 11.6. The van der Waals surface area contributed by atoms with Crippen molar-refractivity contribution < 1.29 is 19.4 Å². The number of ether oxygens (including phenoxy) is 1. The van der Waals surface area contributed by atoms with Gasteiger partial charge in [0.15, 0.2) is 0 Å². The highest BCUT2D eigenvalue weighted by molar-refractivity contribution is 6.39. The third kappa shape index (κ3) is 3.96. The van der Waals surface area contributed by atoms with Crippen LogP contribution < -0.4 is 10.6 Å². The van der Waals surface area contributed by atoms with Crippen molar-refractivity contribution >= 4 is 17.5 Å². The van der Waals surface area contributed by atoms with Crippen molar-refractivity contribution in [2.24, 2.45) is 0 Å². The summed E-state index contributed by atoms with van der Waals surface area (Å²) in [7, 11) is 0. The van der Waals surface area contributed by atoms with Crippen molar-refractivity contribution in [2.75, 3.05) is 18.5 Å². The lowest BCUT2D eigenvalue weighted by molar-refractivity contribution is -0.136. The number of hydrogen-bond donors (Lipinski definition) is 3. The molecule has 0 saturated carbocycles. The summed E-state index contributed by atoms with van der Waals surface area (Å²) < 4.78 is 5.34. The molecule has 0 radical (unpaired) electrons. The summed E-state index contributed by atoms with van der Waals surface area (Å²) in [6.07, 6.45) is 1.88. The Morgan fingerprint density at radius 2 is 2.21 bits per heavy atom. The van der Waals surface area contributed by atoms with Crippen LogP contribution >= 0.6 is 0 Å². The van der Waals surface area contributed by atoms with Gasteiger partial charge in [0.1, 0.15) is 5.75 Å². The number of anilines is 1. The van der Waals surface area contributed by atoms with E-state index in [0.717, 1.165) is 12.8 Å². The molecule has 2 amide bonds. The van der Waals surface area contributed by atoms with E-state index < -0.39 is 11.8 Å². The van der Waals surface area contributed by atoms with Gasteiger partial charge in [-0.1, -0.05) is 6.07 Å². The molecule has 0 bridgehead atoms. The Hall–Kier alpha value is -2.08. The number of carbonyl (C=O) groups excluding carboxylic acids is 2. The number of phenols is 1. The minimum atomic E-state index is -0.761. The SMILES string of the molecule is O=C(NCC1CCCO1)C(=O)Nc1cccc(O)c1. The number of amides is 2. The van der Waals surface area contributed by atoms with Crippen molar-refractivity contribution in [3.05, 3.63) is 24.3 Å². The van der Waals surface area contributed by atoms with Gasteiger partial charge in [-0.15, -0.1) is 0 Å². The highest BCUT2D eigenvalue weighted by Gasteiger charge is 2.19. The van der Waals surface area contributed by atoms with Gasteiger partial charge < -0.3 is 20.5 Å². The quantitative estimate of drug-likeness (QED) is 0.699. The molecular weight excluding hydrogens is 248 g/mol. The lowest BCUT2D eigenvalue weighted by atomic mass is 10.2. The minimum absolute atomic E-state index is 0.00230. The molecule has 0 spiro atoms. The molecule has 6 heteroatoms.